The molecular weight excluding hydrogens is 296 g/mol. The van der Waals surface area contributed by atoms with Crippen molar-refractivity contribution in [3.63, 3.8) is 0 Å². The molecule has 1 aromatic heterocycles. The number of amides is 2. The largest absolute Gasteiger partial charge is 0.493 e. The number of hydrogen-bond donors (Lipinski definition) is 3. The number of aliphatic hydroxyl groups is 1. The maximum absolute atomic E-state index is 11.7. The Labute approximate surface area is 134 Å². The van der Waals surface area contributed by atoms with Gasteiger partial charge in [0.05, 0.1) is 19.4 Å². The Balaban J connectivity index is 1.38. The normalized spacial score (nSPS) is 14.0. The Morgan fingerprint density at radius 2 is 2.22 bits per heavy atom. The molecule has 6 heteroatoms. The van der Waals surface area contributed by atoms with Crippen LogP contribution >= 0.6 is 0 Å². The lowest BCUT2D eigenvalue weighted by molar-refractivity contribution is 0.148. The standard InChI is InChI=1S/C17H20N2O4/c20-14(16-2-1-8-22-16)11-19-17(21)18-7-5-12-3-4-15-13(10-12)6-9-23-15/h1-4,8,10,14,20H,5-7,9,11H2,(H2,18,19,21). The summed E-state index contributed by atoms with van der Waals surface area (Å²) in [5.74, 6) is 1.40. The Hall–Kier alpha value is -2.47. The van der Waals surface area contributed by atoms with Gasteiger partial charge in [-0.15, -0.1) is 0 Å². The Bertz CT molecular complexity index is 655. The molecule has 0 radical (unpaired) electrons. The fourth-order valence-electron chi connectivity index (χ4n) is 2.55. The van der Waals surface area contributed by atoms with Gasteiger partial charge >= 0.3 is 6.03 Å². The predicted molar refractivity (Wildman–Crippen MR) is 84.4 cm³/mol. The number of ether oxygens (including phenoxy) is 1. The molecular formula is C17H20N2O4. The molecule has 0 saturated carbocycles. The minimum Gasteiger partial charge on any atom is -0.493 e. The van der Waals surface area contributed by atoms with Crippen molar-refractivity contribution in [1.82, 2.24) is 10.6 Å². The number of aliphatic hydroxyl groups excluding tert-OH is 1. The van der Waals surface area contributed by atoms with Crippen molar-refractivity contribution in [3.8, 4) is 5.75 Å². The highest BCUT2D eigenvalue weighted by atomic mass is 16.5. The highest BCUT2D eigenvalue weighted by Crippen LogP contribution is 2.25. The molecule has 2 heterocycles. The highest BCUT2D eigenvalue weighted by Gasteiger charge is 2.13. The van der Waals surface area contributed by atoms with Gasteiger partial charge in [-0.3, -0.25) is 0 Å². The Kier molecular flexibility index (Phi) is 4.83. The lowest BCUT2D eigenvalue weighted by atomic mass is 10.1. The maximum atomic E-state index is 11.7. The van der Waals surface area contributed by atoms with E-state index in [2.05, 4.69) is 16.7 Å². The SMILES string of the molecule is O=C(NCCc1ccc2c(c1)CCO2)NCC(O)c1ccco1. The molecule has 3 N–H and O–H groups in total. The van der Waals surface area contributed by atoms with E-state index >= 15 is 0 Å². The van der Waals surface area contributed by atoms with Gasteiger partial charge in [0.1, 0.15) is 17.6 Å². The highest BCUT2D eigenvalue weighted by molar-refractivity contribution is 5.73. The molecule has 0 bridgehead atoms. The van der Waals surface area contributed by atoms with E-state index < -0.39 is 6.10 Å². The zero-order valence-electron chi connectivity index (χ0n) is 12.7. The van der Waals surface area contributed by atoms with Crippen LogP contribution < -0.4 is 15.4 Å². The molecule has 0 fully saturated rings. The smallest absolute Gasteiger partial charge is 0.314 e. The second-order valence-electron chi connectivity index (χ2n) is 5.46. The molecule has 0 aliphatic carbocycles. The van der Waals surface area contributed by atoms with Gasteiger partial charge in [0.25, 0.3) is 0 Å². The quantitative estimate of drug-likeness (QED) is 0.758. The second kappa shape index (κ2) is 7.19. The lowest BCUT2D eigenvalue weighted by Crippen LogP contribution is -2.38. The van der Waals surface area contributed by atoms with Gasteiger partial charge in [-0.2, -0.15) is 0 Å². The van der Waals surface area contributed by atoms with E-state index in [0.29, 0.717) is 12.3 Å². The van der Waals surface area contributed by atoms with Gasteiger partial charge in [-0.25, -0.2) is 4.79 Å². The molecule has 23 heavy (non-hydrogen) atoms. The second-order valence-corrected chi connectivity index (χ2v) is 5.46. The van der Waals surface area contributed by atoms with E-state index in [9.17, 15) is 9.90 Å². The summed E-state index contributed by atoms with van der Waals surface area (Å²) in [5, 5.41) is 15.2. The summed E-state index contributed by atoms with van der Waals surface area (Å²) in [6.45, 7) is 1.38. The van der Waals surface area contributed by atoms with E-state index in [1.54, 1.807) is 12.1 Å². The number of nitrogens with one attached hydrogen (secondary N) is 2. The van der Waals surface area contributed by atoms with Crippen molar-refractivity contribution < 1.29 is 19.1 Å². The van der Waals surface area contributed by atoms with Gasteiger partial charge in [0.2, 0.25) is 0 Å². The van der Waals surface area contributed by atoms with Crippen LogP contribution in [0, 0.1) is 0 Å². The first-order valence-corrected chi connectivity index (χ1v) is 7.70. The Morgan fingerprint density at radius 1 is 1.30 bits per heavy atom. The van der Waals surface area contributed by atoms with E-state index in [1.807, 2.05) is 12.1 Å². The molecule has 1 unspecified atom stereocenters. The molecule has 3 rings (SSSR count). The van der Waals surface area contributed by atoms with E-state index in [4.69, 9.17) is 9.15 Å². The predicted octanol–water partition coefficient (Wildman–Crippen LogP) is 1.79. The van der Waals surface area contributed by atoms with Gasteiger partial charge in [0, 0.05) is 13.0 Å². The fraction of sp³-hybridized carbons (Fsp3) is 0.353. The summed E-state index contributed by atoms with van der Waals surface area (Å²) < 4.78 is 10.5. The van der Waals surface area contributed by atoms with E-state index in [1.165, 1.54) is 17.4 Å². The monoisotopic (exact) mass is 316 g/mol. The molecule has 1 atom stereocenters. The first-order chi connectivity index (χ1) is 11.2. The zero-order chi connectivity index (χ0) is 16.1. The third-order valence-corrected chi connectivity index (χ3v) is 3.78. The summed E-state index contributed by atoms with van der Waals surface area (Å²) >= 11 is 0. The van der Waals surface area contributed by atoms with Crippen molar-refractivity contribution in [2.24, 2.45) is 0 Å². The fourth-order valence-corrected chi connectivity index (χ4v) is 2.55. The molecule has 0 saturated heterocycles. The first-order valence-electron chi connectivity index (χ1n) is 7.70. The molecule has 1 aliphatic heterocycles. The van der Waals surface area contributed by atoms with Crippen LogP contribution in [-0.2, 0) is 12.8 Å². The van der Waals surface area contributed by atoms with E-state index in [0.717, 1.165) is 25.2 Å². The Morgan fingerprint density at radius 3 is 3.04 bits per heavy atom. The zero-order valence-corrected chi connectivity index (χ0v) is 12.7. The molecule has 122 valence electrons. The van der Waals surface area contributed by atoms with Crippen molar-refractivity contribution >= 4 is 6.03 Å². The van der Waals surface area contributed by atoms with Crippen molar-refractivity contribution in [2.45, 2.75) is 18.9 Å². The number of rotatable bonds is 6. The summed E-state index contributed by atoms with van der Waals surface area (Å²) in [5.41, 5.74) is 2.40. The van der Waals surface area contributed by atoms with Crippen molar-refractivity contribution in [2.75, 3.05) is 19.7 Å². The van der Waals surface area contributed by atoms with Gasteiger partial charge < -0.3 is 24.9 Å². The molecule has 2 amide bonds. The molecule has 1 aliphatic rings. The summed E-state index contributed by atoms with van der Waals surface area (Å²) in [6, 6.07) is 9.19. The number of furan rings is 1. The van der Waals surface area contributed by atoms with Crippen LogP contribution in [0.4, 0.5) is 4.79 Å². The average Bonchev–Trinajstić information content (AvgIpc) is 3.23. The van der Waals surface area contributed by atoms with Gasteiger partial charge in [0.15, 0.2) is 0 Å². The first kappa shape index (κ1) is 15.4. The van der Waals surface area contributed by atoms with Crippen LogP contribution in [0.3, 0.4) is 0 Å². The molecule has 0 spiro atoms. The van der Waals surface area contributed by atoms with Crippen LogP contribution in [0.2, 0.25) is 0 Å². The molecule has 2 aromatic rings. The van der Waals surface area contributed by atoms with Gasteiger partial charge in [-0.05, 0) is 35.7 Å². The van der Waals surface area contributed by atoms with Crippen LogP contribution in [0.1, 0.15) is 23.0 Å². The lowest BCUT2D eigenvalue weighted by Gasteiger charge is -2.11. The van der Waals surface area contributed by atoms with Crippen LogP contribution in [0.25, 0.3) is 0 Å². The van der Waals surface area contributed by atoms with Crippen molar-refractivity contribution in [1.29, 1.82) is 0 Å². The number of hydrogen-bond acceptors (Lipinski definition) is 4. The summed E-state index contributed by atoms with van der Waals surface area (Å²) in [6.07, 6.45) is 2.34. The third-order valence-electron chi connectivity index (χ3n) is 3.78. The van der Waals surface area contributed by atoms with Gasteiger partial charge in [-0.1, -0.05) is 12.1 Å². The minimum absolute atomic E-state index is 0.107. The number of carbonyl (C=O) groups excluding carboxylic acids is 1. The van der Waals surface area contributed by atoms with E-state index in [-0.39, 0.29) is 12.6 Å². The number of benzene rings is 1. The van der Waals surface area contributed by atoms with Crippen LogP contribution in [0.5, 0.6) is 5.75 Å². The number of carbonyl (C=O) groups is 1. The minimum atomic E-state index is -0.840. The summed E-state index contributed by atoms with van der Waals surface area (Å²) in [7, 11) is 0. The average molecular weight is 316 g/mol. The maximum Gasteiger partial charge on any atom is 0.314 e. The van der Waals surface area contributed by atoms with Crippen LogP contribution in [0.15, 0.2) is 41.0 Å². The van der Waals surface area contributed by atoms with Crippen LogP contribution in [-0.4, -0.2) is 30.8 Å². The topological polar surface area (TPSA) is 83.7 Å². The van der Waals surface area contributed by atoms with Crippen molar-refractivity contribution in [3.05, 3.63) is 53.5 Å². The third kappa shape index (κ3) is 4.04. The molecule has 6 nitrogen and oxygen atoms in total. The molecule has 1 aromatic carbocycles. The number of urea groups is 1. The number of fused-ring (bicyclic) bond motifs is 1. The summed E-state index contributed by atoms with van der Waals surface area (Å²) in [4.78, 5) is 11.7.